The van der Waals surface area contributed by atoms with Gasteiger partial charge in [-0.25, -0.2) is 4.98 Å². The largest absolute Gasteiger partial charge is 0.395 e. The van der Waals surface area contributed by atoms with Crippen LogP contribution < -0.4 is 5.32 Å². The molecule has 1 unspecified atom stereocenters. The fraction of sp³-hybridized carbons (Fsp3) is 0.727. The maximum atomic E-state index is 9.06. The lowest BCUT2D eigenvalue weighted by Crippen LogP contribution is -2.38. The number of hydrogen-bond donors (Lipinski definition) is 2. The molecule has 0 aromatic carbocycles. The van der Waals surface area contributed by atoms with Gasteiger partial charge in [-0.2, -0.15) is 0 Å². The van der Waals surface area contributed by atoms with Gasteiger partial charge in [0, 0.05) is 30.7 Å². The predicted octanol–water partition coefficient (Wildman–Crippen LogP) is 0.689. The monoisotopic (exact) mass is 241 g/mol. The number of aliphatic hydroxyl groups is 1. The van der Waals surface area contributed by atoms with Crippen molar-refractivity contribution in [3.05, 3.63) is 16.6 Å². The van der Waals surface area contributed by atoms with Crippen molar-refractivity contribution in [1.82, 2.24) is 15.2 Å². The maximum absolute atomic E-state index is 9.06. The SMILES string of the molecule is OCCN(Cc1nccs1)CC1CCCN1. The van der Waals surface area contributed by atoms with Gasteiger partial charge in [0.15, 0.2) is 0 Å². The minimum Gasteiger partial charge on any atom is -0.395 e. The highest BCUT2D eigenvalue weighted by molar-refractivity contribution is 7.09. The molecule has 0 spiro atoms. The molecule has 2 N–H and O–H groups in total. The summed E-state index contributed by atoms with van der Waals surface area (Å²) >= 11 is 1.68. The summed E-state index contributed by atoms with van der Waals surface area (Å²) in [6.07, 6.45) is 4.36. The Bertz CT molecular complexity index is 285. The number of nitrogens with zero attached hydrogens (tertiary/aromatic N) is 2. The second-order valence-corrected chi connectivity index (χ2v) is 5.16. The Morgan fingerprint density at radius 1 is 1.62 bits per heavy atom. The summed E-state index contributed by atoms with van der Waals surface area (Å²) in [6.45, 7) is 3.96. The summed E-state index contributed by atoms with van der Waals surface area (Å²) in [5.41, 5.74) is 0. The van der Waals surface area contributed by atoms with E-state index in [9.17, 15) is 0 Å². The molecular weight excluding hydrogens is 222 g/mol. The third-order valence-corrected chi connectivity index (χ3v) is 3.66. The van der Waals surface area contributed by atoms with Crippen molar-refractivity contribution in [3.8, 4) is 0 Å². The van der Waals surface area contributed by atoms with Gasteiger partial charge in [-0.3, -0.25) is 4.90 Å². The van der Waals surface area contributed by atoms with Crippen molar-refractivity contribution in [3.63, 3.8) is 0 Å². The quantitative estimate of drug-likeness (QED) is 0.769. The lowest BCUT2D eigenvalue weighted by atomic mass is 10.2. The third-order valence-electron chi connectivity index (χ3n) is 2.90. The fourth-order valence-corrected chi connectivity index (χ4v) is 2.78. The molecule has 1 saturated heterocycles. The summed E-state index contributed by atoms with van der Waals surface area (Å²) in [6, 6.07) is 0.589. The highest BCUT2D eigenvalue weighted by Crippen LogP contribution is 2.11. The second kappa shape index (κ2) is 6.30. The summed E-state index contributed by atoms with van der Waals surface area (Å²) in [5, 5.41) is 15.7. The average Bonchev–Trinajstić information content (AvgIpc) is 2.91. The van der Waals surface area contributed by atoms with Crippen LogP contribution in [-0.2, 0) is 6.54 Å². The molecule has 1 fully saturated rings. The van der Waals surface area contributed by atoms with Gasteiger partial charge in [-0.1, -0.05) is 0 Å². The Morgan fingerprint density at radius 3 is 3.19 bits per heavy atom. The maximum Gasteiger partial charge on any atom is 0.107 e. The molecule has 0 amide bonds. The van der Waals surface area contributed by atoms with Crippen LogP contribution >= 0.6 is 11.3 Å². The van der Waals surface area contributed by atoms with Gasteiger partial charge >= 0.3 is 0 Å². The number of thiazole rings is 1. The highest BCUT2D eigenvalue weighted by Gasteiger charge is 2.18. The lowest BCUT2D eigenvalue weighted by molar-refractivity contribution is 0.179. The van der Waals surface area contributed by atoms with E-state index in [1.165, 1.54) is 12.8 Å². The molecule has 1 atom stereocenters. The zero-order chi connectivity index (χ0) is 11.2. The fourth-order valence-electron chi connectivity index (χ4n) is 2.12. The molecule has 1 aliphatic rings. The topological polar surface area (TPSA) is 48.4 Å². The first-order valence-electron chi connectivity index (χ1n) is 5.83. The van der Waals surface area contributed by atoms with Crippen molar-refractivity contribution in [2.24, 2.45) is 0 Å². The molecular formula is C11H19N3OS. The second-order valence-electron chi connectivity index (χ2n) is 4.18. The molecule has 5 heteroatoms. The highest BCUT2D eigenvalue weighted by atomic mass is 32.1. The van der Waals surface area contributed by atoms with Crippen LogP contribution in [0.15, 0.2) is 11.6 Å². The van der Waals surface area contributed by atoms with Gasteiger partial charge in [0.1, 0.15) is 5.01 Å². The van der Waals surface area contributed by atoms with Crippen LogP contribution in [0.1, 0.15) is 17.8 Å². The van der Waals surface area contributed by atoms with E-state index in [0.717, 1.165) is 31.2 Å². The van der Waals surface area contributed by atoms with Gasteiger partial charge < -0.3 is 10.4 Å². The molecule has 90 valence electrons. The number of rotatable bonds is 6. The van der Waals surface area contributed by atoms with E-state index in [2.05, 4.69) is 15.2 Å². The molecule has 0 bridgehead atoms. The molecule has 0 aliphatic carbocycles. The summed E-state index contributed by atoms with van der Waals surface area (Å²) in [7, 11) is 0. The number of nitrogens with one attached hydrogen (secondary N) is 1. The van der Waals surface area contributed by atoms with Crippen LogP contribution in [0.25, 0.3) is 0 Å². The third kappa shape index (κ3) is 3.52. The molecule has 1 aromatic rings. The van der Waals surface area contributed by atoms with E-state index >= 15 is 0 Å². The van der Waals surface area contributed by atoms with Crippen molar-refractivity contribution in [1.29, 1.82) is 0 Å². The van der Waals surface area contributed by atoms with Crippen molar-refractivity contribution in [2.45, 2.75) is 25.4 Å². The van der Waals surface area contributed by atoms with Crippen molar-refractivity contribution in [2.75, 3.05) is 26.2 Å². The van der Waals surface area contributed by atoms with Crippen LogP contribution in [-0.4, -0.2) is 47.3 Å². The summed E-state index contributed by atoms with van der Waals surface area (Å²) in [5.74, 6) is 0. The molecule has 1 aromatic heterocycles. The summed E-state index contributed by atoms with van der Waals surface area (Å²) < 4.78 is 0. The van der Waals surface area contributed by atoms with E-state index in [4.69, 9.17) is 5.11 Å². The van der Waals surface area contributed by atoms with Crippen LogP contribution in [0.4, 0.5) is 0 Å². The van der Waals surface area contributed by atoms with Crippen LogP contribution in [0.5, 0.6) is 0 Å². The Balaban J connectivity index is 1.83. The lowest BCUT2D eigenvalue weighted by Gasteiger charge is -2.23. The zero-order valence-electron chi connectivity index (χ0n) is 9.43. The van der Waals surface area contributed by atoms with Gasteiger partial charge in [0.05, 0.1) is 13.2 Å². The first kappa shape index (κ1) is 12.0. The Kier molecular flexibility index (Phi) is 4.71. The van der Waals surface area contributed by atoms with E-state index in [-0.39, 0.29) is 6.61 Å². The van der Waals surface area contributed by atoms with Crippen LogP contribution in [0.2, 0.25) is 0 Å². The molecule has 2 heterocycles. The van der Waals surface area contributed by atoms with Crippen molar-refractivity contribution >= 4 is 11.3 Å². The van der Waals surface area contributed by atoms with Crippen LogP contribution in [0.3, 0.4) is 0 Å². The molecule has 0 saturated carbocycles. The molecule has 1 aliphatic heterocycles. The Morgan fingerprint density at radius 2 is 2.56 bits per heavy atom. The van der Waals surface area contributed by atoms with E-state index in [1.807, 2.05) is 11.6 Å². The molecule has 2 rings (SSSR count). The molecule has 0 radical (unpaired) electrons. The minimum absolute atomic E-state index is 0.220. The Labute approximate surface area is 100 Å². The van der Waals surface area contributed by atoms with Gasteiger partial charge in [-0.05, 0) is 19.4 Å². The summed E-state index contributed by atoms with van der Waals surface area (Å²) in [4.78, 5) is 6.57. The van der Waals surface area contributed by atoms with E-state index in [0.29, 0.717) is 6.04 Å². The first-order valence-corrected chi connectivity index (χ1v) is 6.71. The standard InChI is InChI=1S/C11H19N3OS/c15-6-5-14(8-10-2-1-3-12-10)9-11-13-4-7-16-11/h4,7,10,12,15H,1-3,5-6,8-9H2. The normalized spacial score (nSPS) is 20.8. The first-order chi connectivity index (χ1) is 7.88. The number of aromatic nitrogens is 1. The smallest absolute Gasteiger partial charge is 0.107 e. The number of hydrogen-bond acceptors (Lipinski definition) is 5. The van der Waals surface area contributed by atoms with Crippen molar-refractivity contribution < 1.29 is 5.11 Å². The average molecular weight is 241 g/mol. The van der Waals surface area contributed by atoms with Gasteiger partial charge in [0.25, 0.3) is 0 Å². The number of aliphatic hydroxyl groups excluding tert-OH is 1. The predicted molar refractivity (Wildman–Crippen MR) is 65.5 cm³/mol. The molecule has 16 heavy (non-hydrogen) atoms. The zero-order valence-corrected chi connectivity index (χ0v) is 10.2. The van der Waals surface area contributed by atoms with Gasteiger partial charge in [0.2, 0.25) is 0 Å². The van der Waals surface area contributed by atoms with E-state index < -0.39 is 0 Å². The van der Waals surface area contributed by atoms with E-state index in [1.54, 1.807) is 11.3 Å². The minimum atomic E-state index is 0.220. The Hall–Kier alpha value is -0.490. The van der Waals surface area contributed by atoms with Crippen LogP contribution in [0, 0.1) is 0 Å². The molecule has 4 nitrogen and oxygen atoms in total. The van der Waals surface area contributed by atoms with Gasteiger partial charge in [-0.15, -0.1) is 11.3 Å².